The Balaban J connectivity index is 1.23. The summed E-state index contributed by atoms with van der Waals surface area (Å²) in [6.45, 7) is 0.505. The van der Waals surface area contributed by atoms with Gasteiger partial charge in [-0.25, -0.2) is 0 Å². The van der Waals surface area contributed by atoms with Crippen molar-refractivity contribution in [3.63, 3.8) is 0 Å². The largest absolute Gasteiger partial charge is 0.308 e. The van der Waals surface area contributed by atoms with Gasteiger partial charge in [-0.3, -0.25) is 23.9 Å². The predicted octanol–water partition coefficient (Wildman–Crippen LogP) is 6.94. The second-order valence-electron chi connectivity index (χ2n) is 11.4. The van der Waals surface area contributed by atoms with Crippen LogP contribution in [-0.4, -0.2) is 21.6 Å². The highest BCUT2D eigenvalue weighted by atomic mass is 35.5. The van der Waals surface area contributed by atoms with Gasteiger partial charge in [-0.2, -0.15) is 0 Å². The Hall–Kier alpha value is -2.84. The molecular formula is C32H24Cl2N2O3S2. The molecule has 4 aromatic rings. The van der Waals surface area contributed by atoms with Gasteiger partial charge >= 0.3 is 4.87 Å². The zero-order chi connectivity index (χ0) is 28.0. The number of hydrogen-bond donors (Lipinski definition) is 0. The molecule has 3 heterocycles. The fraction of sp³-hybridized carbons (Fsp3) is 0.281. The first-order valence-corrected chi connectivity index (χ1v) is 16.2. The highest BCUT2D eigenvalue weighted by molar-refractivity contribution is 8.00. The van der Waals surface area contributed by atoms with Gasteiger partial charge in [-0.05, 0) is 71.7 Å². The van der Waals surface area contributed by atoms with Gasteiger partial charge in [0.25, 0.3) is 0 Å². The Kier molecular flexibility index (Phi) is 6.05. The van der Waals surface area contributed by atoms with Crippen molar-refractivity contribution in [2.75, 3.05) is 4.90 Å². The molecule has 0 spiro atoms. The average molecular weight is 620 g/mol. The topological polar surface area (TPSA) is 59.4 Å². The number of aromatic nitrogens is 1. The summed E-state index contributed by atoms with van der Waals surface area (Å²) in [6, 6.07) is 24.9. The number of imide groups is 1. The molecule has 5 nitrogen and oxygen atoms in total. The van der Waals surface area contributed by atoms with Gasteiger partial charge in [0.15, 0.2) is 0 Å². The van der Waals surface area contributed by atoms with Crippen molar-refractivity contribution in [3.8, 4) is 0 Å². The SMILES string of the molecule is O=C1[C@@H]2[C@H]3C[C@@H]([C@@H]4Sc5c(sc(=O)n5Cc5ccccc5)[C@@H](c5ccc(Cl)cc5)[C@H]34)[C@H]2C(=O)N1c1ccc(Cl)cc1. The lowest BCUT2D eigenvalue weighted by Crippen LogP contribution is -2.43. The Bertz CT molecular complexity index is 1750. The zero-order valence-electron chi connectivity index (χ0n) is 21.7. The third-order valence-corrected chi connectivity index (χ3v) is 12.7. The maximum atomic E-state index is 13.9. The van der Waals surface area contributed by atoms with E-state index in [1.54, 1.807) is 36.0 Å². The van der Waals surface area contributed by atoms with Crippen LogP contribution in [0.15, 0.2) is 88.7 Å². The number of thioether (sulfide) groups is 1. The van der Waals surface area contributed by atoms with E-state index in [-0.39, 0.29) is 57.4 Å². The van der Waals surface area contributed by atoms with Gasteiger partial charge in [-0.15, -0.1) is 11.8 Å². The van der Waals surface area contributed by atoms with Crippen LogP contribution in [0.2, 0.25) is 10.0 Å². The Labute approximate surface area is 255 Å². The average Bonchev–Trinajstić information content (AvgIpc) is 3.69. The van der Waals surface area contributed by atoms with Crippen LogP contribution < -0.4 is 9.77 Å². The van der Waals surface area contributed by atoms with Gasteiger partial charge in [0, 0.05) is 26.1 Å². The number of anilines is 1. The van der Waals surface area contributed by atoms with Crippen LogP contribution in [0.5, 0.6) is 0 Å². The minimum absolute atomic E-state index is 0.0268. The molecule has 0 radical (unpaired) electrons. The highest BCUT2D eigenvalue weighted by Crippen LogP contribution is 2.69. The second kappa shape index (κ2) is 9.60. The summed E-state index contributed by atoms with van der Waals surface area (Å²) in [7, 11) is 0. The number of halogens is 2. The molecule has 206 valence electrons. The Morgan fingerprint density at radius 2 is 1.41 bits per heavy atom. The van der Waals surface area contributed by atoms with Crippen LogP contribution in [0.4, 0.5) is 5.69 Å². The molecule has 8 rings (SSSR count). The van der Waals surface area contributed by atoms with Crippen molar-refractivity contribution in [1.29, 1.82) is 0 Å². The summed E-state index contributed by atoms with van der Waals surface area (Å²) in [6.07, 6.45) is 0.853. The number of fused-ring (bicyclic) bond motifs is 9. The standard InChI is InChI=1S/C32H24Cl2N2O3S2/c33-18-8-6-17(7-9-18)23-24-21-14-22(26-25(21)29(37)36(30(26)38)20-12-10-19(34)11-13-20)27(24)40-31-28(23)41-32(39)35(31)15-16-4-2-1-3-5-16/h1-13,21-27H,14-15H2/t21-,22+,23-,24-,25+,26+,27-/m0/s1. The fourth-order valence-electron chi connectivity index (χ4n) is 7.91. The van der Waals surface area contributed by atoms with E-state index >= 15 is 0 Å². The van der Waals surface area contributed by atoms with E-state index in [2.05, 4.69) is 12.1 Å². The molecule has 41 heavy (non-hydrogen) atoms. The fourth-order valence-corrected chi connectivity index (χ4v) is 11.3. The number of benzene rings is 3. The molecule has 2 aliphatic heterocycles. The number of amides is 2. The van der Waals surface area contributed by atoms with Crippen molar-refractivity contribution in [3.05, 3.63) is 115 Å². The monoisotopic (exact) mass is 618 g/mol. The quantitative estimate of drug-likeness (QED) is 0.232. The lowest BCUT2D eigenvalue weighted by molar-refractivity contribution is -0.123. The van der Waals surface area contributed by atoms with Crippen molar-refractivity contribution >= 4 is 63.8 Å². The highest BCUT2D eigenvalue weighted by Gasteiger charge is 2.69. The summed E-state index contributed by atoms with van der Waals surface area (Å²) < 4.78 is 1.91. The van der Waals surface area contributed by atoms with E-state index in [1.165, 1.54) is 16.2 Å². The number of carbonyl (C=O) groups is 2. The van der Waals surface area contributed by atoms with Gasteiger partial charge < -0.3 is 0 Å². The molecule has 7 atom stereocenters. The van der Waals surface area contributed by atoms with Crippen LogP contribution in [0.25, 0.3) is 0 Å². The number of rotatable bonds is 4. The van der Waals surface area contributed by atoms with Crippen LogP contribution >= 0.6 is 46.3 Å². The van der Waals surface area contributed by atoms with E-state index < -0.39 is 0 Å². The van der Waals surface area contributed by atoms with Crippen molar-refractivity contribution in [2.45, 2.75) is 29.2 Å². The first kappa shape index (κ1) is 25.8. The minimum atomic E-state index is -0.343. The molecule has 2 bridgehead atoms. The maximum Gasteiger partial charge on any atom is 0.308 e. The van der Waals surface area contributed by atoms with Gasteiger partial charge in [-0.1, -0.05) is 77.0 Å². The van der Waals surface area contributed by atoms with Crippen LogP contribution in [0.1, 0.15) is 28.3 Å². The molecule has 2 aliphatic carbocycles. The molecule has 0 N–H and O–H groups in total. The molecular weight excluding hydrogens is 595 g/mol. The zero-order valence-corrected chi connectivity index (χ0v) is 24.8. The maximum absolute atomic E-state index is 13.9. The molecule has 3 fully saturated rings. The van der Waals surface area contributed by atoms with E-state index in [1.807, 2.05) is 47.0 Å². The smallest absolute Gasteiger partial charge is 0.289 e. The number of thiazole rings is 1. The van der Waals surface area contributed by atoms with Gasteiger partial charge in [0.2, 0.25) is 11.8 Å². The van der Waals surface area contributed by atoms with E-state index in [0.29, 0.717) is 22.3 Å². The third-order valence-electron chi connectivity index (χ3n) is 9.45. The normalized spacial score (nSPS) is 29.5. The predicted molar refractivity (Wildman–Crippen MR) is 163 cm³/mol. The van der Waals surface area contributed by atoms with Crippen molar-refractivity contribution in [1.82, 2.24) is 4.57 Å². The van der Waals surface area contributed by atoms with E-state index in [4.69, 9.17) is 23.2 Å². The number of hydrogen-bond acceptors (Lipinski definition) is 5. The van der Waals surface area contributed by atoms with Crippen molar-refractivity contribution < 1.29 is 9.59 Å². The first-order chi connectivity index (χ1) is 19.9. The lowest BCUT2D eigenvalue weighted by Gasteiger charge is -2.43. The first-order valence-electron chi connectivity index (χ1n) is 13.7. The Morgan fingerprint density at radius 1 is 0.780 bits per heavy atom. The Morgan fingerprint density at radius 3 is 2.10 bits per heavy atom. The summed E-state index contributed by atoms with van der Waals surface area (Å²) in [5.41, 5.74) is 2.76. The van der Waals surface area contributed by atoms with Crippen LogP contribution in [-0.2, 0) is 16.1 Å². The molecule has 0 unspecified atom stereocenters. The van der Waals surface area contributed by atoms with Gasteiger partial charge in [0.1, 0.15) is 0 Å². The van der Waals surface area contributed by atoms with Gasteiger partial charge in [0.05, 0.1) is 29.1 Å². The second-order valence-corrected chi connectivity index (χ2v) is 14.4. The molecule has 2 saturated carbocycles. The van der Waals surface area contributed by atoms with E-state index in [9.17, 15) is 14.4 Å². The molecule has 1 saturated heterocycles. The van der Waals surface area contributed by atoms with E-state index in [0.717, 1.165) is 27.5 Å². The summed E-state index contributed by atoms with van der Waals surface area (Å²) in [5.74, 6) is -0.649. The lowest BCUT2D eigenvalue weighted by atomic mass is 9.68. The summed E-state index contributed by atoms with van der Waals surface area (Å²) in [5, 5.41) is 2.36. The van der Waals surface area contributed by atoms with Crippen LogP contribution in [0, 0.1) is 29.6 Å². The molecule has 1 aromatic heterocycles. The molecule has 3 aromatic carbocycles. The number of carbonyl (C=O) groups excluding carboxylic acids is 2. The number of nitrogens with zero attached hydrogens (tertiary/aromatic N) is 2. The third kappa shape index (κ3) is 3.86. The van der Waals surface area contributed by atoms with Crippen LogP contribution in [0.3, 0.4) is 0 Å². The minimum Gasteiger partial charge on any atom is -0.289 e. The molecule has 2 amide bonds. The summed E-state index contributed by atoms with van der Waals surface area (Å²) >= 11 is 15.5. The molecule has 4 aliphatic rings. The molecule has 9 heteroatoms. The van der Waals surface area contributed by atoms with Crippen molar-refractivity contribution in [2.24, 2.45) is 29.6 Å². The summed E-state index contributed by atoms with van der Waals surface area (Å²) in [4.78, 5) is 43.8.